The van der Waals surface area contributed by atoms with Crippen molar-refractivity contribution in [3.05, 3.63) is 35.9 Å². The average Bonchev–Trinajstić information content (AvgIpc) is 3.20. The number of aromatic nitrogens is 3. The van der Waals surface area contributed by atoms with Gasteiger partial charge in [0.1, 0.15) is 11.6 Å². The van der Waals surface area contributed by atoms with Gasteiger partial charge in [0, 0.05) is 24.6 Å². The molecule has 100 valence electrons. The predicted molar refractivity (Wildman–Crippen MR) is 73.5 cm³/mol. The molecule has 0 radical (unpaired) electrons. The van der Waals surface area contributed by atoms with Crippen LogP contribution in [0.3, 0.4) is 0 Å². The number of anilines is 1. The molecule has 1 aliphatic carbocycles. The lowest BCUT2D eigenvalue weighted by Gasteiger charge is -2.05. The Morgan fingerprint density at radius 1 is 1.32 bits per heavy atom. The lowest BCUT2D eigenvalue weighted by molar-refractivity contribution is 0.415. The van der Waals surface area contributed by atoms with Gasteiger partial charge in [-0.15, -0.1) is 0 Å². The van der Waals surface area contributed by atoms with E-state index in [0.29, 0.717) is 5.92 Å². The van der Waals surface area contributed by atoms with Crippen LogP contribution in [0.1, 0.15) is 30.4 Å². The minimum absolute atomic E-state index is 0.611. The molecular formula is C14H18N4O. The molecule has 1 aliphatic rings. The predicted octanol–water partition coefficient (Wildman–Crippen LogP) is 2.35. The Kier molecular flexibility index (Phi) is 3.35. The molecule has 0 bridgehead atoms. The van der Waals surface area contributed by atoms with Gasteiger partial charge in [-0.25, -0.2) is 4.98 Å². The van der Waals surface area contributed by atoms with Crippen molar-refractivity contribution >= 4 is 5.69 Å². The third-order valence-electron chi connectivity index (χ3n) is 3.27. The number of ether oxygens (including phenoxy) is 1. The Balaban J connectivity index is 1.48. The summed E-state index contributed by atoms with van der Waals surface area (Å²) in [5.41, 5.74) is 1.09. The fraction of sp³-hybridized carbons (Fsp3) is 0.429. The van der Waals surface area contributed by atoms with E-state index in [1.54, 1.807) is 7.11 Å². The van der Waals surface area contributed by atoms with Gasteiger partial charge in [-0.3, -0.25) is 5.10 Å². The van der Waals surface area contributed by atoms with E-state index in [1.807, 2.05) is 24.3 Å². The van der Waals surface area contributed by atoms with Crippen LogP contribution in [0.15, 0.2) is 24.3 Å². The van der Waals surface area contributed by atoms with Gasteiger partial charge < -0.3 is 10.1 Å². The molecule has 1 aromatic carbocycles. The Labute approximate surface area is 112 Å². The molecule has 1 saturated carbocycles. The van der Waals surface area contributed by atoms with Gasteiger partial charge in [0.2, 0.25) is 0 Å². The van der Waals surface area contributed by atoms with Crippen LogP contribution >= 0.6 is 0 Å². The van der Waals surface area contributed by atoms with Crippen LogP contribution in [0.5, 0.6) is 5.75 Å². The lowest BCUT2D eigenvalue weighted by Crippen LogP contribution is -2.05. The van der Waals surface area contributed by atoms with Crippen LogP contribution in [-0.4, -0.2) is 28.8 Å². The van der Waals surface area contributed by atoms with E-state index >= 15 is 0 Å². The third kappa shape index (κ3) is 3.05. The summed E-state index contributed by atoms with van der Waals surface area (Å²) in [5.74, 6) is 3.43. The summed E-state index contributed by atoms with van der Waals surface area (Å²) in [6, 6.07) is 7.91. The van der Waals surface area contributed by atoms with Crippen LogP contribution in [0.25, 0.3) is 0 Å². The number of hydrogen-bond donors (Lipinski definition) is 2. The highest BCUT2D eigenvalue weighted by molar-refractivity contribution is 5.46. The number of hydrogen-bond acceptors (Lipinski definition) is 4. The quantitative estimate of drug-likeness (QED) is 0.835. The van der Waals surface area contributed by atoms with Gasteiger partial charge in [0.25, 0.3) is 0 Å². The first kappa shape index (κ1) is 12.0. The fourth-order valence-corrected chi connectivity index (χ4v) is 1.98. The van der Waals surface area contributed by atoms with Gasteiger partial charge in [0.05, 0.1) is 7.11 Å². The van der Waals surface area contributed by atoms with Crippen molar-refractivity contribution in [3.8, 4) is 5.75 Å². The van der Waals surface area contributed by atoms with E-state index in [0.717, 1.165) is 36.1 Å². The van der Waals surface area contributed by atoms with Crippen molar-refractivity contribution in [1.29, 1.82) is 0 Å². The van der Waals surface area contributed by atoms with Crippen LogP contribution in [-0.2, 0) is 6.42 Å². The largest absolute Gasteiger partial charge is 0.497 e. The van der Waals surface area contributed by atoms with Crippen molar-refractivity contribution in [2.75, 3.05) is 19.0 Å². The Morgan fingerprint density at radius 2 is 2.11 bits per heavy atom. The van der Waals surface area contributed by atoms with E-state index in [-0.39, 0.29) is 0 Å². The highest BCUT2D eigenvalue weighted by Gasteiger charge is 2.27. The van der Waals surface area contributed by atoms with E-state index in [4.69, 9.17) is 4.74 Å². The molecule has 0 aliphatic heterocycles. The number of nitrogens with zero attached hydrogens (tertiary/aromatic N) is 2. The third-order valence-corrected chi connectivity index (χ3v) is 3.27. The molecule has 0 spiro atoms. The van der Waals surface area contributed by atoms with Crippen molar-refractivity contribution in [1.82, 2.24) is 15.2 Å². The molecule has 1 fully saturated rings. The normalized spacial score (nSPS) is 14.4. The molecule has 0 unspecified atom stereocenters. The molecule has 5 nitrogen and oxygen atoms in total. The lowest BCUT2D eigenvalue weighted by atomic mass is 10.3. The van der Waals surface area contributed by atoms with Gasteiger partial charge in [-0.2, -0.15) is 5.10 Å². The van der Waals surface area contributed by atoms with Crippen LogP contribution < -0.4 is 10.1 Å². The first-order valence-electron chi connectivity index (χ1n) is 6.64. The standard InChI is InChI=1S/C14H18N4O/c1-19-12-6-4-11(5-7-12)15-9-8-13-16-14(18-17-13)10-2-3-10/h4-7,10,15H,2-3,8-9H2,1H3,(H,16,17,18). The Morgan fingerprint density at radius 3 is 2.79 bits per heavy atom. The van der Waals surface area contributed by atoms with Gasteiger partial charge >= 0.3 is 0 Å². The SMILES string of the molecule is COc1ccc(NCCc2nc(C3CC3)n[nH]2)cc1. The van der Waals surface area contributed by atoms with Crippen molar-refractivity contribution < 1.29 is 4.74 Å². The number of benzene rings is 1. The number of aromatic amines is 1. The molecule has 0 atom stereocenters. The average molecular weight is 258 g/mol. The molecule has 0 amide bonds. The highest BCUT2D eigenvalue weighted by Crippen LogP contribution is 2.37. The first-order chi connectivity index (χ1) is 9.35. The molecule has 5 heteroatoms. The molecule has 3 rings (SSSR count). The zero-order valence-corrected chi connectivity index (χ0v) is 11.0. The number of H-pyrrole nitrogens is 1. The molecule has 0 saturated heterocycles. The van der Waals surface area contributed by atoms with E-state index in [1.165, 1.54) is 12.8 Å². The Hall–Kier alpha value is -2.04. The van der Waals surface area contributed by atoms with Gasteiger partial charge in [-0.05, 0) is 37.1 Å². The van der Waals surface area contributed by atoms with E-state index < -0.39 is 0 Å². The summed E-state index contributed by atoms with van der Waals surface area (Å²) in [4.78, 5) is 4.50. The summed E-state index contributed by atoms with van der Waals surface area (Å²) in [6.45, 7) is 0.839. The highest BCUT2D eigenvalue weighted by atomic mass is 16.5. The number of rotatable bonds is 6. The van der Waals surface area contributed by atoms with Crippen LogP contribution in [0, 0.1) is 0 Å². The van der Waals surface area contributed by atoms with Crippen LogP contribution in [0.2, 0.25) is 0 Å². The van der Waals surface area contributed by atoms with E-state index in [9.17, 15) is 0 Å². The monoisotopic (exact) mass is 258 g/mol. The summed E-state index contributed by atoms with van der Waals surface area (Å²) < 4.78 is 5.12. The maximum atomic E-state index is 5.12. The van der Waals surface area contributed by atoms with Crippen molar-refractivity contribution in [2.45, 2.75) is 25.2 Å². The van der Waals surface area contributed by atoms with Gasteiger partial charge in [-0.1, -0.05) is 0 Å². The Bertz CT molecular complexity index is 531. The van der Waals surface area contributed by atoms with Gasteiger partial charge in [0.15, 0.2) is 5.82 Å². The minimum Gasteiger partial charge on any atom is -0.497 e. The maximum absolute atomic E-state index is 5.12. The smallest absolute Gasteiger partial charge is 0.153 e. The molecular weight excluding hydrogens is 240 g/mol. The molecule has 19 heavy (non-hydrogen) atoms. The minimum atomic E-state index is 0.611. The molecule has 1 heterocycles. The molecule has 1 aromatic heterocycles. The van der Waals surface area contributed by atoms with Crippen molar-refractivity contribution in [2.24, 2.45) is 0 Å². The number of nitrogens with one attached hydrogen (secondary N) is 2. The topological polar surface area (TPSA) is 62.8 Å². The second kappa shape index (κ2) is 5.30. The second-order valence-corrected chi connectivity index (χ2v) is 4.82. The number of methoxy groups -OCH3 is 1. The van der Waals surface area contributed by atoms with E-state index in [2.05, 4.69) is 20.5 Å². The zero-order valence-electron chi connectivity index (χ0n) is 11.0. The zero-order chi connectivity index (χ0) is 13.1. The van der Waals surface area contributed by atoms with Crippen molar-refractivity contribution in [3.63, 3.8) is 0 Å². The first-order valence-corrected chi connectivity index (χ1v) is 6.64. The fourth-order valence-electron chi connectivity index (χ4n) is 1.98. The molecule has 2 aromatic rings. The van der Waals surface area contributed by atoms with Crippen LogP contribution in [0.4, 0.5) is 5.69 Å². The molecule has 2 N–H and O–H groups in total. The summed E-state index contributed by atoms with van der Waals surface area (Å²) >= 11 is 0. The summed E-state index contributed by atoms with van der Waals surface area (Å²) in [5, 5.41) is 10.6. The summed E-state index contributed by atoms with van der Waals surface area (Å²) in [7, 11) is 1.67. The maximum Gasteiger partial charge on any atom is 0.153 e. The second-order valence-electron chi connectivity index (χ2n) is 4.82. The summed E-state index contributed by atoms with van der Waals surface area (Å²) in [6.07, 6.45) is 3.33.